The Morgan fingerprint density at radius 3 is 1.43 bits per heavy atom. The average molecular weight is 806 g/mol. The number of rotatable bonds is 6. The van der Waals surface area contributed by atoms with E-state index < -0.39 is 0 Å². The average Bonchev–Trinajstić information content (AvgIpc) is 4.01. The summed E-state index contributed by atoms with van der Waals surface area (Å²) < 4.78 is 11.9. The van der Waals surface area contributed by atoms with Gasteiger partial charge in [-0.3, -0.25) is 0 Å². The van der Waals surface area contributed by atoms with Gasteiger partial charge in [-0.25, -0.2) is 15.0 Å². The summed E-state index contributed by atoms with van der Waals surface area (Å²) in [7, 11) is 0. The Hall–Kier alpha value is -8.61. The quantitative estimate of drug-likeness (QED) is 0.168. The number of para-hydroxylation sites is 3. The van der Waals surface area contributed by atoms with Gasteiger partial charge in [-0.2, -0.15) is 0 Å². The lowest BCUT2D eigenvalue weighted by Gasteiger charge is -2.12. The van der Waals surface area contributed by atoms with Gasteiger partial charge in [0, 0.05) is 54.7 Å². The summed E-state index contributed by atoms with van der Waals surface area (Å²) in [5, 5.41) is 6.85. The lowest BCUT2D eigenvalue weighted by molar-refractivity contribution is 0.666. The van der Waals surface area contributed by atoms with Crippen molar-refractivity contribution >= 4 is 65.6 Å². The SMILES string of the molecule is c1ccc(-c2cc(-n3c4ccccc4c4cc5c6ccccc6n(-c6ccccc6)c5cc43)c3oc4cc(-c5nc(-c6ccccc6)nc(-c6ccccc6)n5)ccc4c3c2)cc1. The van der Waals surface area contributed by atoms with E-state index in [1.54, 1.807) is 0 Å². The van der Waals surface area contributed by atoms with Crippen LogP contribution >= 0.6 is 0 Å². The molecule has 0 saturated carbocycles. The Bertz CT molecular complexity index is 3830. The molecule has 0 fully saturated rings. The highest BCUT2D eigenvalue weighted by atomic mass is 16.3. The zero-order valence-electron chi connectivity index (χ0n) is 33.9. The summed E-state index contributed by atoms with van der Waals surface area (Å²) in [6.07, 6.45) is 0. The van der Waals surface area contributed by atoms with E-state index in [1.807, 2.05) is 60.7 Å². The molecule has 0 radical (unpaired) electrons. The number of fused-ring (bicyclic) bond motifs is 9. The molecule has 63 heavy (non-hydrogen) atoms. The second-order valence-electron chi connectivity index (χ2n) is 16.0. The molecule has 0 saturated heterocycles. The number of nitrogens with zero attached hydrogens (tertiary/aromatic N) is 5. The lowest BCUT2D eigenvalue weighted by Crippen LogP contribution is -2.00. The molecule has 13 rings (SSSR count). The van der Waals surface area contributed by atoms with Crippen LogP contribution in [0.25, 0.3) is 122 Å². The minimum atomic E-state index is 0.579. The monoisotopic (exact) mass is 805 g/mol. The molecule has 294 valence electrons. The van der Waals surface area contributed by atoms with Crippen LogP contribution in [-0.4, -0.2) is 24.1 Å². The lowest BCUT2D eigenvalue weighted by atomic mass is 10.0. The third-order valence-corrected chi connectivity index (χ3v) is 12.3. The highest BCUT2D eigenvalue weighted by Crippen LogP contribution is 2.44. The van der Waals surface area contributed by atoms with Gasteiger partial charge < -0.3 is 13.6 Å². The van der Waals surface area contributed by atoms with Crippen LogP contribution in [0.5, 0.6) is 0 Å². The zero-order chi connectivity index (χ0) is 41.4. The molecule has 9 aromatic carbocycles. The first-order valence-electron chi connectivity index (χ1n) is 21.2. The van der Waals surface area contributed by atoms with Gasteiger partial charge in [-0.05, 0) is 71.8 Å². The van der Waals surface area contributed by atoms with Crippen LogP contribution in [0.15, 0.2) is 217 Å². The first-order chi connectivity index (χ1) is 31.2. The highest BCUT2D eigenvalue weighted by molar-refractivity contribution is 6.20. The van der Waals surface area contributed by atoms with Crippen molar-refractivity contribution in [3.05, 3.63) is 212 Å². The molecule has 4 aromatic heterocycles. The van der Waals surface area contributed by atoms with E-state index in [9.17, 15) is 0 Å². The predicted octanol–water partition coefficient (Wildman–Crippen LogP) is 14.6. The molecule has 0 bridgehead atoms. The van der Waals surface area contributed by atoms with Crippen LogP contribution in [0.2, 0.25) is 0 Å². The minimum Gasteiger partial charge on any atom is -0.454 e. The Morgan fingerprint density at radius 2 is 0.810 bits per heavy atom. The van der Waals surface area contributed by atoms with Gasteiger partial charge in [0.1, 0.15) is 5.58 Å². The summed E-state index contributed by atoms with van der Waals surface area (Å²) in [5.41, 5.74) is 13.1. The second kappa shape index (κ2) is 14.0. The van der Waals surface area contributed by atoms with E-state index in [-0.39, 0.29) is 0 Å². The largest absolute Gasteiger partial charge is 0.454 e. The molecule has 0 aliphatic rings. The topological polar surface area (TPSA) is 61.7 Å². The number of benzene rings is 9. The van der Waals surface area contributed by atoms with Gasteiger partial charge in [-0.1, -0.05) is 152 Å². The second-order valence-corrected chi connectivity index (χ2v) is 16.0. The van der Waals surface area contributed by atoms with Crippen molar-refractivity contribution in [2.45, 2.75) is 0 Å². The molecule has 0 aliphatic carbocycles. The molecule has 0 spiro atoms. The molecule has 6 heteroatoms. The van der Waals surface area contributed by atoms with Crippen LogP contribution in [0.1, 0.15) is 0 Å². The number of hydrogen-bond donors (Lipinski definition) is 0. The number of hydrogen-bond acceptors (Lipinski definition) is 4. The molecular weight excluding hydrogens is 771 g/mol. The van der Waals surface area contributed by atoms with Gasteiger partial charge in [0.2, 0.25) is 0 Å². The summed E-state index contributed by atoms with van der Waals surface area (Å²) in [5.74, 6) is 1.81. The molecule has 0 unspecified atom stereocenters. The van der Waals surface area contributed by atoms with Crippen molar-refractivity contribution in [1.82, 2.24) is 24.1 Å². The number of furan rings is 1. The fourth-order valence-electron chi connectivity index (χ4n) is 9.45. The first-order valence-corrected chi connectivity index (χ1v) is 21.2. The van der Waals surface area contributed by atoms with Crippen molar-refractivity contribution in [3.63, 3.8) is 0 Å². The molecule has 0 atom stereocenters. The predicted molar refractivity (Wildman–Crippen MR) is 258 cm³/mol. The Kier molecular flexibility index (Phi) is 7.80. The maximum absolute atomic E-state index is 7.12. The molecule has 4 heterocycles. The zero-order valence-corrected chi connectivity index (χ0v) is 33.9. The highest BCUT2D eigenvalue weighted by Gasteiger charge is 2.23. The van der Waals surface area contributed by atoms with Crippen molar-refractivity contribution in [2.75, 3.05) is 0 Å². The molecule has 0 N–H and O–H groups in total. The summed E-state index contributed by atoms with van der Waals surface area (Å²) in [4.78, 5) is 15.0. The standard InChI is InChI=1S/C57H35N5O/c1-5-17-36(18-6-1)40-31-47-44-30-29-39(57-59-55(37-19-7-2-8-20-37)58-56(60-57)38-21-9-3-10-22-38)33-53(44)63-54(47)52(32-40)62-49-28-16-14-26-43(49)46-34-45-42-25-13-15-27-48(42)61(50(45)35-51(46)62)41-23-11-4-12-24-41/h1-35H. The van der Waals surface area contributed by atoms with Crippen LogP contribution in [0.3, 0.4) is 0 Å². The van der Waals surface area contributed by atoms with Crippen molar-refractivity contribution in [3.8, 4) is 56.7 Å². The van der Waals surface area contributed by atoms with Gasteiger partial charge in [-0.15, -0.1) is 0 Å². The first kappa shape index (κ1) is 35.2. The Balaban J connectivity index is 1.09. The van der Waals surface area contributed by atoms with E-state index in [0.29, 0.717) is 17.5 Å². The Morgan fingerprint density at radius 1 is 0.302 bits per heavy atom. The summed E-state index contributed by atoms with van der Waals surface area (Å²) >= 11 is 0. The van der Waals surface area contributed by atoms with E-state index >= 15 is 0 Å². The van der Waals surface area contributed by atoms with E-state index in [1.165, 1.54) is 27.1 Å². The van der Waals surface area contributed by atoms with Gasteiger partial charge in [0.05, 0.1) is 27.8 Å². The minimum absolute atomic E-state index is 0.579. The normalized spacial score (nSPS) is 11.8. The molecular formula is C57H35N5O. The van der Waals surface area contributed by atoms with Crippen molar-refractivity contribution in [1.29, 1.82) is 0 Å². The van der Waals surface area contributed by atoms with E-state index in [0.717, 1.165) is 77.7 Å². The number of aromatic nitrogens is 5. The fraction of sp³-hybridized carbons (Fsp3) is 0. The molecule has 0 amide bonds. The maximum atomic E-state index is 7.12. The fourth-order valence-corrected chi connectivity index (χ4v) is 9.45. The van der Waals surface area contributed by atoms with Gasteiger partial charge in [0.15, 0.2) is 23.1 Å². The van der Waals surface area contributed by atoms with Crippen LogP contribution in [-0.2, 0) is 0 Å². The third kappa shape index (κ3) is 5.62. The Labute approximate surface area is 361 Å². The van der Waals surface area contributed by atoms with Gasteiger partial charge in [0.25, 0.3) is 0 Å². The van der Waals surface area contributed by atoms with Crippen LogP contribution in [0.4, 0.5) is 0 Å². The van der Waals surface area contributed by atoms with E-state index in [4.69, 9.17) is 19.4 Å². The van der Waals surface area contributed by atoms with Gasteiger partial charge >= 0.3 is 0 Å². The summed E-state index contributed by atoms with van der Waals surface area (Å²) in [6.45, 7) is 0. The van der Waals surface area contributed by atoms with Crippen LogP contribution < -0.4 is 0 Å². The smallest absolute Gasteiger partial charge is 0.164 e. The van der Waals surface area contributed by atoms with E-state index in [2.05, 4.69) is 161 Å². The maximum Gasteiger partial charge on any atom is 0.164 e. The van der Waals surface area contributed by atoms with Crippen LogP contribution in [0, 0.1) is 0 Å². The van der Waals surface area contributed by atoms with Crippen molar-refractivity contribution in [2.24, 2.45) is 0 Å². The molecule has 13 aromatic rings. The third-order valence-electron chi connectivity index (χ3n) is 12.3. The molecule has 6 nitrogen and oxygen atoms in total. The van der Waals surface area contributed by atoms with Crippen molar-refractivity contribution < 1.29 is 4.42 Å². The molecule has 0 aliphatic heterocycles. The summed E-state index contributed by atoms with van der Waals surface area (Å²) in [6, 6.07) is 74.5.